The van der Waals surface area contributed by atoms with Gasteiger partial charge in [-0.15, -0.1) is 11.3 Å². The molecule has 5 rings (SSSR count). The second-order valence-corrected chi connectivity index (χ2v) is 11.8. The van der Waals surface area contributed by atoms with Crippen LogP contribution in [-0.4, -0.2) is 48.9 Å². The van der Waals surface area contributed by atoms with E-state index in [0.29, 0.717) is 22.7 Å². The molecule has 42 heavy (non-hydrogen) atoms. The number of anilines is 2. The van der Waals surface area contributed by atoms with Crippen molar-refractivity contribution in [3.05, 3.63) is 104 Å². The molecule has 0 radical (unpaired) electrons. The third kappa shape index (κ3) is 5.36. The highest BCUT2D eigenvalue weighted by Gasteiger charge is 2.25. The molecule has 5 aromatic rings. The second kappa shape index (κ2) is 11.6. The standard InChI is InChI=1S/C28H26F2N6O4S2/c1-33(2)14-20-24-26(37)36(18-11-12-23(32-13-18)34(3)42(39)40)28(38)35(15-19-21(29)5-4-6-22(19)30)27(24)41-25(20)16-7-9-17(31)10-8-16/h4-13H,14-15,31H2,1-3H3,(H,39,40). The molecule has 0 saturated carbocycles. The quantitative estimate of drug-likeness (QED) is 0.202. The summed E-state index contributed by atoms with van der Waals surface area (Å²) in [4.78, 5) is 35.2. The number of aromatic nitrogens is 3. The average Bonchev–Trinajstić information content (AvgIpc) is 3.31. The van der Waals surface area contributed by atoms with E-state index in [2.05, 4.69) is 4.98 Å². The molecule has 0 bridgehead atoms. The lowest BCUT2D eigenvalue weighted by Gasteiger charge is -2.16. The van der Waals surface area contributed by atoms with Gasteiger partial charge in [-0.3, -0.25) is 18.2 Å². The number of nitrogens with zero attached hydrogens (tertiary/aromatic N) is 5. The number of hydrogen-bond acceptors (Lipinski definition) is 7. The molecule has 3 heterocycles. The first-order valence-corrected chi connectivity index (χ1v) is 14.4. The SMILES string of the molecule is CN(C)Cc1c(-c2ccc(N)cc2)sc2c1c(=O)n(-c1ccc(N(C)S(=O)O)nc1)c(=O)n2Cc1c(F)cccc1F. The topological polar surface area (TPSA) is 127 Å². The first-order valence-electron chi connectivity index (χ1n) is 12.5. The molecule has 10 nitrogen and oxygen atoms in total. The Morgan fingerprint density at radius 2 is 1.67 bits per heavy atom. The van der Waals surface area contributed by atoms with E-state index in [9.17, 15) is 27.1 Å². The van der Waals surface area contributed by atoms with Crippen LogP contribution in [0.25, 0.3) is 26.3 Å². The summed E-state index contributed by atoms with van der Waals surface area (Å²) in [5.41, 5.74) is 6.12. The Hall–Kier alpha value is -4.24. The van der Waals surface area contributed by atoms with Crippen LogP contribution < -0.4 is 21.3 Å². The van der Waals surface area contributed by atoms with Crippen molar-refractivity contribution in [2.75, 3.05) is 31.2 Å². The highest BCUT2D eigenvalue weighted by molar-refractivity contribution is 7.80. The van der Waals surface area contributed by atoms with Gasteiger partial charge in [0, 0.05) is 29.7 Å². The summed E-state index contributed by atoms with van der Waals surface area (Å²) in [6.45, 7) is -0.152. The summed E-state index contributed by atoms with van der Waals surface area (Å²) < 4.78 is 53.5. The number of benzene rings is 2. The lowest BCUT2D eigenvalue weighted by Crippen LogP contribution is -2.39. The van der Waals surface area contributed by atoms with Crippen molar-refractivity contribution in [1.82, 2.24) is 19.0 Å². The molecule has 0 aliphatic rings. The summed E-state index contributed by atoms with van der Waals surface area (Å²) in [6.07, 6.45) is 1.22. The summed E-state index contributed by atoms with van der Waals surface area (Å²) in [5.74, 6) is -1.54. The third-order valence-electron chi connectivity index (χ3n) is 6.65. The van der Waals surface area contributed by atoms with Gasteiger partial charge in [0.25, 0.3) is 16.8 Å². The van der Waals surface area contributed by atoms with E-state index < -0.39 is 40.7 Å². The lowest BCUT2D eigenvalue weighted by molar-refractivity contribution is 0.405. The molecule has 2 aromatic carbocycles. The molecular formula is C28H26F2N6O4S2. The fourth-order valence-corrected chi connectivity index (χ4v) is 6.16. The monoisotopic (exact) mass is 612 g/mol. The number of nitrogen functional groups attached to an aromatic ring is 1. The minimum Gasteiger partial charge on any atom is -0.399 e. The van der Waals surface area contributed by atoms with Crippen molar-refractivity contribution in [2.45, 2.75) is 13.1 Å². The second-order valence-electron chi connectivity index (χ2n) is 9.76. The molecule has 0 fully saturated rings. The zero-order valence-corrected chi connectivity index (χ0v) is 24.4. The number of fused-ring (bicyclic) bond motifs is 1. The number of nitrogens with two attached hydrogens (primary N) is 1. The fourth-order valence-electron chi connectivity index (χ4n) is 4.59. The number of hydrogen-bond donors (Lipinski definition) is 2. The minimum atomic E-state index is -2.34. The maximum atomic E-state index is 14.8. The molecule has 0 aliphatic heterocycles. The highest BCUT2D eigenvalue weighted by Crippen LogP contribution is 2.38. The van der Waals surface area contributed by atoms with Gasteiger partial charge in [0.05, 0.1) is 23.8 Å². The molecular weight excluding hydrogens is 586 g/mol. The molecule has 14 heteroatoms. The molecule has 3 N–H and O–H groups in total. The molecule has 0 aliphatic carbocycles. The van der Waals surface area contributed by atoms with Crippen LogP contribution in [0.1, 0.15) is 11.1 Å². The van der Waals surface area contributed by atoms with E-state index in [1.54, 1.807) is 24.3 Å². The zero-order chi connectivity index (χ0) is 30.3. The van der Waals surface area contributed by atoms with Crippen LogP contribution in [0.3, 0.4) is 0 Å². The van der Waals surface area contributed by atoms with Crippen molar-refractivity contribution in [1.29, 1.82) is 0 Å². The first-order chi connectivity index (χ1) is 20.0. The summed E-state index contributed by atoms with van der Waals surface area (Å²) in [6, 6.07) is 13.3. The van der Waals surface area contributed by atoms with Crippen molar-refractivity contribution in [2.24, 2.45) is 0 Å². The van der Waals surface area contributed by atoms with Crippen LogP contribution in [-0.2, 0) is 24.4 Å². The normalized spacial score (nSPS) is 12.3. The Labute approximate surface area is 245 Å². The molecule has 1 unspecified atom stereocenters. The molecule has 1 atom stereocenters. The predicted molar refractivity (Wildman–Crippen MR) is 161 cm³/mol. The van der Waals surface area contributed by atoms with Gasteiger partial charge in [-0.1, -0.05) is 18.2 Å². The molecule has 0 saturated heterocycles. The lowest BCUT2D eigenvalue weighted by atomic mass is 10.1. The van der Waals surface area contributed by atoms with Crippen molar-refractivity contribution in [3.63, 3.8) is 0 Å². The summed E-state index contributed by atoms with van der Waals surface area (Å²) >= 11 is -1.16. The van der Waals surface area contributed by atoms with Gasteiger partial charge >= 0.3 is 5.69 Å². The average molecular weight is 613 g/mol. The van der Waals surface area contributed by atoms with E-state index in [1.165, 1.54) is 47.3 Å². The fraction of sp³-hybridized carbons (Fsp3) is 0.179. The Morgan fingerprint density at radius 1 is 1.00 bits per heavy atom. The smallest absolute Gasteiger partial charge is 0.337 e. The zero-order valence-electron chi connectivity index (χ0n) is 22.7. The first kappa shape index (κ1) is 29.3. The van der Waals surface area contributed by atoms with Gasteiger partial charge in [-0.2, -0.15) is 0 Å². The Bertz CT molecular complexity index is 1920. The van der Waals surface area contributed by atoms with Crippen LogP contribution in [0.2, 0.25) is 0 Å². The maximum Gasteiger partial charge on any atom is 0.337 e. The molecule has 218 valence electrons. The van der Waals surface area contributed by atoms with Gasteiger partial charge in [0.15, 0.2) is 0 Å². The van der Waals surface area contributed by atoms with Crippen molar-refractivity contribution >= 4 is 44.3 Å². The van der Waals surface area contributed by atoms with E-state index in [-0.39, 0.29) is 27.3 Å². The van der Waals surface area contributed by atoms with E-state index in [0.717, 1.165) is 26.6 Å². The van der Waals surface area contributed by atoms with Crippen LogP contribution in [0.4, 0.5) is 20.3 Å². The van der Waals surface area contributed by atoms with E-state index in [1.807, 2.05) is 19.0 Å². The van der Waals surface area contributed by atoms with Gasteiger partial charge < -0.3 is 10.6 Å². The molecule has 3 aromatic heterocycles. The van der Waals surface area contributed by atoms with Gasteiger partial charge in [-0.05, 0) is 61.6 Å². The Balaban J connectivity index is 1.85. The van der Waals surface area contributed by atoms with E-state index in [4.69, 9.17) is 5.73 Å². The van der Waals surface area contributed by atoms with Crippen LogP contribution in [0.15, 0.2) is 70.4 Å². The summed E-state index contributed by atoms with van der Waals surface area (Å²) in [5, 5.41) is 0.217. The highest BCUT2D eigenvalue weighted by atomic mass is 32.2. The van der Waals surface area contributed by atoms with Gasteiger partial charge in [-0.25, -0.2) is 27.3 Å². The van der Waals surface area contributed by atoms with Gasteiger partial charge in [0.2, 0.25) is 0 Å². The van der Waals surface area contributed by atoms with E-state index >= 15 is 0 Å². The minimum absolute atomic E-state index is 0.0755. The molecule has 0 amide bonds. The predicted octanol–water partition coefficient (Wildman–Crippen LogP) is 3.82. The Morgan fingerprint density at radius 3 is 2.24 bits per heavy atom. The van der Waals surface area contributed by atoms with Crippen LogP contribution in [0.5, 0.6) is 0 Å². The summed E-state index contributed by atoms with van der Waals surface area (Å²) in [7, 11) is 5.03. The van der Waals surface area contributed by atoms with Crippen LogP contribution in [0, 0.1) is 11.6 Å². The Kier molecular flexibility index (Phi) is 8.06. The maximum absolute atomic E-state index is 14.8. The number of pyridine rings is 1. The number of thiophene rings is 1. The number of rotatable bonds is 8. The van der Waals surface area contributed by atoms with Crippen molar-refractivity contribution in [3.8, 4) is 16.1 Å². The largest absolute Gasteiger partial charge is 0.399 e. The van der Waals surface area contributed by atoms with Gasteiger partial charge in [0.1, 0.15) is 22.3 Å². The third-order valence-corrected chi connectivity index (χ3v) is 8.60. The molecule has 0 spiro atoms. The van der Waals surface area contributed by atoms with Crippen molar-refractivity contribution < 1.29 is 17.5 Å². The van der Waals surface area contributed by atoms with Crippen LogP contribution >= 0.6 is 11.3 Å². The number of halogens is 2.